The molecule has 4 nitrogen and oxygen atoms in total. The van der Waals surface area contributed by atoms with Crippen molar-refractivity contribution >= 4 is 19.7 Å². The van der Waals surface area contributed by atoms with Crippen LogP contribution in [0.5, 0.6) is 5.75 Å². The highest BCUT2D eigenvalue weighted by molar-refractivity contribution is 8.13. The van der Waals surface area contributed by atoms with Crippen molar-refractivity contribution in [2.24, 2.45) is 0 Å². The Kier molecular flexibility index (Phi) is 4.94. The lowest BCUT2D eigenvalue weighted by Gasteiger charge is -2.14. The SMILES string of the molecule is Cc1cc(S(=O)(=O)Cl)c(C)cc1OCCC1CCCO1. The third-order valence-corrected chi connectivity index (χ3v) is 4.92. The smallest absolute Gasteiger partial charge is 0.261 e. The van der Waals surface area contributed by atoms with Crippen LogP contribution in [0.25, 0.3) is 0 Å². The molecule has 1 aliphatic heterocycles. The van der Waals surface area contributed by atoms with Crippen LogP contribution in [0.3, 0.4) is 0 Å². The van der Waals surface area contributed by atoms with Crippen LogP contribution in [-0.2, 0) is 13.8 Å². The van der Waals surface area contributed by atoms with Gasteiger partial charge in [0.1, 0.15) is 5.75 Å². The van der Waals surface area contributed by atoms with Crippen LogP contribution in [0.1, 0.15) is 30.4 Å². The Hall–Kier alpha value is -0.780. The molecule has 1 aliphatic rings. The molecule has 0 N–H and O–H groups in total. The Morgan fingerprint density at radius 2 is 2.10 bits per heavy atom. The van der Waals surface area contributed by atoms with Gasteiger partial charge in [-0.3, -0.25) is 0 Å². The second kappa shape index (κ2) is 6.33. The minimum atomic E-state index is -3.71. The average Bonchev–Trinajstić information content (AvgIpc) is 2.84. The molecule has 0 aliphatic carbocycles. The van der Waals surface area contributed by atoms with Gasteiger partial charge in [-0.2, -0.15) is 0 Å². The van der Waals surface area contributed by atoms with Gasteiger partial charge in [0.05, 0.1) is 17.6 Å². The van der Waals surface area contributed by atoms with E-state index >= 15 is 0 Å². The van der Waals surface area contributed by atoms with Crippen LogP contribution >= 0.6 is 10.7 Å². The van der Waals surface area contributed by atoms with E-state index in [2.05, 4.69) is 0 Å². The predicted molar refractivity (Wildman–Crippen MR) is 78.0 cm³/mol. The van der Waals surface area contributed by atoms with Crippen LogP contribution in [0.2, 0.25) is 0 Å². The van der Waals surface area contributed by atoms with Gasteiger partial charge in [-0.1, -0.05) is 0 Å². The molecular formula is C14H19ClO4S. The van der Waals surface area contributed by atoms with Gasteiger partial charge < -0.3 is 9.47 Å². The molecule has 0 saturated carbocycles. The third kappa shape index (κ3) is 3.87. The maximum absolute atomic E-state index is 11.4. The summed E-state index contributed by atoms with van der Waals surface area (Å²) < 4.78 is 34.1. The molecule has 1 unspecified atom stereocenters. The first-order chi connectivity index (χ1) is 9.38. The largest absolute Gasteiger partial charge is 0.493 e. The first-order valence-electron chi connectivity index (χ1n) is 6.68. The fourth-order valence-corrected chi connectivity index (χ4v) is 3.61. The molecule has 6 heteroatoms. The average molecular weight is 319 g/mol. The lowest BCUT2D eigenvalue weighted by molar-refractivity contribution is 0.0902. The molecule has 0 aromatic heterocycles. The van der Waals surface area contributed by atoms with Crippen molar-refractivity contribution in [2.45, 2.75) is 44.1 Å². The summed E-state index contributed by atoms with van der Waals surface area (Å²) in [5.41, 5.74) is 1.36. The maximum atomic E-state index is 11.4. The molecule has 1 fully saturated rings. The van der Waals surface area contributed by atoms with E-state index in [1.54, 1.807) is 19.1 Å². The zero-order valence-corrected chi connectivity index (χ0v) is 13.3. The van der Waals surface area contributed by atoms with Crippen LogP contribution in [0, 0.1) is 13.8 Å². The molecule has 1 heterocycles. The van der Waals surface area contributed by atoms with Gasteiger partial charge in [-0.15, -0.1) is 0 Å². The predicted octanol–water partition coefficient (Wildman–Crippen LogP) is 3.18. The van der Waals surface area contributed by atoms with Crippen LogP contribution < -0.4 is 4.74 Å². The molecule has 0 radical (unpaired) electrons. The molecular weight excluding hydrogens is 300 g/mol. The van der Waals surface area contributed by atoms with E-state index in [1.807, 2.05) is 6.92 Å². The highest BCUT2D eigenvalue weighted by Crippen LogP contribution is 2.28. The minimum absolute atomic E-state index is 0.142. The number of ether oxygens (including phenoxy) is 2. The summed E-state index contributed by atoms with van der Waals surface area (Å²) in [4.78, 5) is 0.142. The van der Waals surface area contributed by atoms with Crippen molar-refractivity contribution in [1.82, 2.24) is 0 Å². The number of hydrogen-bond acceptors (Lipinski definition) is 4. The van der Waals surface area contributed by atoms with Gasteiger partial charge in [-0.05, 0) is 49.9 Å². The first-order valence-corrected chi connectivity index (χ1v) is 8.99. The van der Waals surface area contributed by atoms with E-state index in [9.17, 15) is 8.42 Å². The topological polar surface area (TPSA) is 52.6 Å². The number of aryl methyl sites for hydroxylation is 2. The summed E-state index contributed by atoms with van der Waals surface area (Å²) in [6, 6.07) is 3.28. The van der Waals surface area contributed by atoms with Gasteiger partial charge in [0.15, 0.2) is 0 Å². The number of hydrogen-bond donors (Lipinski definition) is 0. The molecule has 0 amide bonds. The summed E-state index contributed by atoms with van der Waals surface area (Å²) in [5.74, 6) is 0.699. The molecule has 1 aromatic carbocycles. The summed E-state index contributed by atoms with van der Waals surface area (Å²) >= 11 is 0. The van der Waals surface area contributed by atoms with Gasteiger partial charge in [0, 0.05) is 23.7 Å². The Morgan fingerprint density at radius 1 is 1.35 bits per heavy atom. The fraction of sp³-hybridized carbons (Fsp3) is 0.571. The fourth-order valence-electron chi connectivity index (χ4n) is 2.35. The summed E-state index contributed by atoms with van der Waals surface area (Å²) in [5, 5.41) is 0. The normalized spacial score (nSPS) is 19.2. The highest BCUT2D eigenvalue weighted by atomic mass is 35.7. The first kappa shape index (κ1) is 15.6. The second-order valence-electron chi connectivity index (χ2n) is 5.09. The van der Waals surface area contributed by atoms with E-state index in [0.29, 0.717) is 24.0 Å². The molecule has 1 atom stereocenters. The van der Waals surface area contributed by atoms with Crippen LogP contribution in [0.4, 0.5) is 0 Å². The maximum Gasteiger partial charge on any atom is 0.261 e. The summed E-state index contributed by atoms with van der Waals surface area (Å²) in [6.07, 6.45) is 3.35. The van der Waals surface area contributed by atoms with E-state index in [4.69, 9.17) is 20.2 Å². The zero-order valence-electron chi connectivity index (χ0n) is 11.7. The number of rotatable bonds is 5. The van der Waals surface area contributed by atoms with Gasteiger partial charge >= 0.3 is 0 Å². The Labute approximate surface area is 124 Å². The summed E-state index contributed by atoms with van der Waals surface area (Å²) in [6.45, 7) is 4.93. The quantitative estimate of drug-likeness (QED) is 0.782. The Morgan fingerprint density at radius 3 is 2.70 bits per heavy atom. The summed E-state index contributed by atoms with van der Waals surface area (Å²) in [7, 11) is 1.68. The highest BCUT2D eigenvalue weighted by Gasteiger charge is 2.17. The molecule has 1 saturated heterocycles. The van der Waals surface area contributed by atoms with E-state index in [0.717, 1.165) is 31.4 Å². The Balaban J connectivity index is 2.03. The van der Waals surface area contributed by atoms with Crippen molar-refractivity contribution in [3.8, 4) is 5.75 Å². The molecule has 1 aromatic rings. The van der Waals surface area contributed by atoms with Crippen molar-refractivity contribution in [3.63, 3.8) is 0 Å². The van der Waals surface area contributed by atoms with E-state index in [-0.39, 0.29) is 4.90 Å². The standard InChI is InChI=1S/C14H19ClO4S/c1-10-9-14(20(15,16)17)11(2)8-13(10)19-7-5-12-4-3-6-18-12/h8-9,12H,3-7H2,1-2H3. The van der Waals surface area contributed by atoms with Crippen molar-refractivity contribution in [3.05, 3.63) is 23.3 Å². The van der Waals surface area contributed by atoms with Gasteiger partial charge in [0.2, 0.25) is 0 Å². The van der Waals surface area contributed by atoms with Crippen molar-refractivity contribution < 1.29 is 17.9 Å². The number of benzene rings is 1. The van der Waals surface area contributed by atoms with Crippen LogP contribution in [0.15, 0.2) is 17.0 Å². The molecule has 112 valence electrons. The van der Waals surface area contributed by atoms with E-state index in [1.165, 1.54) is 0 Å². The van der Waals surface area contributed by atoms with Crippen LogP contribution in [-0.4, -0.2) is 27.7 Å². The lowest BCUT2D eigenvalue weighted by atomic mass is 10.1. The van der Waals surface area contributed by atoms with Gasteiger partial charge in [-0.25, -0.2) is 8.42 Å². The van der Waals surface area contributed by atoms with Crippen molar-refractivity contribution in [1.29, 1.82) is 0 Å². The minimum Gasteiger partial charge on any atom is -0.493 e. The van der Waals surface area contributed by atoms with Crippen molar-refractivity contribution in [2.75, 3.05) is 13.2 Å². The molecule has 20 heavy (non-hydrogen) atoms. The lowest BCUT2D eigenvalue weighted by Crippen LogP contribution is -2.11. The monoisotopic (exact) mass is 318 g/mol. The number of halogens is 1. The molecule has 2 rings (SSSR count). The van der Waals surface area contributed by atoms with Gasteiger partial charge in [0.25, 0.3) is 9.05 Å². The van der Waals surface area contributed by atoms with E-state index < -0.39 is 9.05 Å². The zero-order chi connectivity index (χ0) is 14.8. The Bertz CT molecular complexity index is 577. The molecule has 0 bridgehead atoms. The molecule has 0 spiro atoms. The third-order valence-electron chi connectivity index (χ3n) is 3.46. The second-order valence-corrected chi connectivity index (χ2v) is 7.63.